The van der Waals surface area contributed by atoms with Crippen LogP contribution in [0.3, 0.4) is 0 Å². The summed E-state index contributed by atoms with van der Waals surface area (Å²) >= 11 is 0. The molecule has 86 valence electrons. The SMILES string of the molecule is O=C(NCc1ccncc1)Nc1ccncc1. The van der Waals surface area contributed by atoms with Crippen molar-refractivity contribution in [2.24, 2.45) is 0 Å². The minimum absolute atomic E-state index is 0.243. The highest BCUT2D eigenvalue weighted by molar-refractivity contribution is 5.88. The third-order valence-electron chi connectivity index (χ3n) is 2.14. The zero-order valence-electron chi connectivity index (χ0n) is 9.13. The van der Waals surface area contributed by atoms with Gasteiger partial charge in [-0.1, -0.05) is 0 Å². The first-order chi connectivity index (χ1) is 8.34. The fourth-order valence-corrected chi connectivity index (χ4v) is 1.29. The van der Waals surface area contributed by atoms with Crippen molar-refractivity contribution in [2.45, 2.75) is 6.54 Å². The van der Waals surface area contributed by atoms with Crippen LogP contribution in [-0.4, -0.2) is 16.0 Å². The summed E-state index contributed by atoms with van der Waals surface area (Å²) in [5.74, 6) is 0. The van der Waals surface area contributed by atoms with Crippen molar-refractivity contribution in [1.82, 2.24) is 15.3 Å². The van der Waals surface area contributed by atoms with Crippen LogP contribution < -0.4 is 10.6 Å². The molecule has 5 nitrogen and oxygen atoms in total. The van der Waals surface area contributed by atoms with Gasteiger partial charge < -0.3 is 10.6 Å². The fourth-order valence-electron chi connectivity index (χ4n) is 1.29. The Balaban J connectivity index is 1.83. The second kappa shape index (κ2) is 5.60. The molecule has 2 heterocycles. The van der Waals surface area contributed by atoms with Crippen molar-refractivity contribution in [3.63, 3.8) is 0 Å². The number of aromatic nitrogens is 2. The molecular formula is C12H12N4O. The predicted octanol–water partition coefficient (Wildman–Crippen LogP) is 1.80. The summed E-state index contributed by atoms with van der Waals surface area (Å²) in [4.78, 5) is 19.3. The van der Waals surface area contributed by atoms with Crippen LogP contribution in [0.2, 0.25) is 0 Å². The van der Waals surface area contributed by atoms with Gasteiger partial charge >= 0.3 is 6.03 Å². The molecule has 0 saturated heterocycles. The van der Waals surface area contributed by atoms with Gasteiger partial charge in [0.05, 0.1) is 0 Å². The van der Waals surface area contributed by atoms with Crippen LogP contribution in [0.4, 0.5) is 10.5 Å². The largest absolute Gasteiger partial charge is 0.334 e. The Hall–Kier alpha value is -2.43. The molecule has 0 aliphatic rings. The number of rotatable bonds is 3. The van der Waals surface area contributed by atoms with Gasteiger partial charge in [-0.2, -0.15) is 0 Å². The van der Waals surface area contributed by atoms with E-state index in [1.165, 1.54) is 0 Å². The van der Waals surface area contributed by atoms with Gasteiger partial charge in [-0.25, -0.2) is 4.79 Å². The molecule has 2 amide bonds. The topological polar surface area (TPSA) is 66.9 Å². The van der Waals surface area contributed by atoms with Crippen molar-refractivity contribution in [3.8, 4) is 0 Å². The van der Waals surface area contributed by atoms with Gasteiger partial charge in [0.2, 0.25) is 0 Å². The molecule has 17 heavy (non-hydrogen) atoms. The highest BCUT2D eigenvalue weighted by Crippen LogP contribution is 2.02. The van der Waals surface area contributed by atoms with E-state index in [1.54, 1.807) is 36.9 Å². The number of anilines is 1. The quantitative estimate of drug-likeness (QED) is 0.841. The lowest BCUT2D eigenvalue weighted by Crippen LogP contribution is -2.28. The van der Waals surface area contributed by atoms with Gasteiger partial charge in [0.15, 0.2) is 0 Å². The van der Waals surface area contributed by atoms with Crippen LogP contribution in [0.25, 0.3) is 0 Å². The number of hydrogen-bond acceptors (Lipinski definition) is 3. The van der Waals surface area contributed by atoms with Gasteiger partial charge in [-0.3, -0.25) is 9.97 Å². The van der Waals surface area contributed by atoms with E-state index in [0.717, 1.165) is 5.56 Å². The summed E-state index contributed by atoms with van der Waals surface area (Å²) in [6, 6.07) is 6.92. The number of urea groups is 1. The predicted molar refractivity (Wildman–Crippen MR) is 64.3 cm³/mol. The number of carbonyl (C=O) groups excluding carboxylic acids is 1. The third kappa shape index (κ3) is 3.57. The van der Waals surface area contributed by atoms with Crippen molar-refractivity contribution >= 4 is 11.7 Å². The zero-order chi connectivity index (χ0) is 11.9. The molecule has 2 aromatic heterocycles. The molecule has 0 aromatic carbocycles. The molecular weight excluding hydrogens is 216 g/mol. The summed E-state index contributed by atoms with van der Waals surface area (Å²) in [5, 5.41) is 5.46. The van der Waals surface area contributed by atoms with E-state index in [1.807, 2.05) is 12.1 Å². The summed E-state index contributed by atoms with van der Waals surface area (Å²) in [6.07, 6.45) is 6.63. The maximum atomic E-state index is 11.5. The molecule has 0 fully saturated rings. The maximum absolute atomic E-state index is 11.5. The van der Waals surface area contributed by atoms with Crippen LogP contribution in [-0.2, 0) is 6.54 Å². The molecule has 0 atom stereocenters. The molecule has 2 rings (SSSR count). The zero-order valence-corrected chi connectivity index (χ0v) is 9.13. The standard InChI is InChI=1S/C12H12N4O/c17-12(16-11-3-7-14-8-4-11)15-9-10-1-5-13-6-2-10/h1-8H,9H2,(H2,14,15,16,17). The van der Waals surface area contributed by atoms with Crippen LogP contribution in [0.5, 0.6) is 0 Å². The molecule has 2 aromatic rings. The molecule has 0 radical (unpaired) electrons. The number of carbonyl (C=O) groups is 1. The van der Waals surface area contributed by atoms with Crippen molar-refractivity contribution in [2.75, 3.05) is 5.32 Å². The summed E-state index contributed by atoms with van der Waals surface area (Å²) in [7, 11) is 0. The van der Waals surface area contributed by atoms with E-state index >= 15 is 0 Å². The fraction of sp³-hybridized carbons (Fsp3) is 0.0833. The first kappa shape index (κ1) is 11.1. The molecule has 0 unspecified atom stereocenters. The Morgan fingerprint density at radius 3 is 2.24 bits per heavy atom. The second-order valence-electron chi connectivity index (χ2n) is 3.40. The second-order valence-corrected chi connectivity index (χ2v) is 3.40. The van der Waals surface area contributed by atoms with E-state index in [9.17, 15) is 4.79 Å². The van der Waals surface area contributed by atoms with Crippen LogP contribution in [0.15, 0.2) is 49.1 Å². The van der Waals surface area contributed by atoms with E-state index in [2.05, 4.69) is 20.6 Å². The minimum Gasteiger partial charge on any atom is -0.334 e. The molecule has 0 saturated carbocycles. The van der Waals surface area contributed by atoms with Gasteiger partial charge in [0, 0.05) is 37.0 Å². The van der Waals surface area contributed by atoms with Crippen molar-refractivity contribution in [1.29, 1.82) is 0 Å². The summed E-state index contributed by atoms with van der Waals surface area (Å²) < 4.78 is 0. The van der Waals surface area contributed by atoms with Crippen molar-refractivity contribution in [3.05, 3.63) is 54.6 Å². The Morgan fingerprint density at radius 2 is 1.59 bits per heavy atom. The van der Waals surface area contributed by atoms with Gasteiger partial charge in [0.1, 0.15) is 0 Å². The molecule has 0 aliphatic heterocycles. The lowest BCUT2D eigenvalue weighted by Gasteiger charge is -2.06. The monoisotopic (exact) mass is 228 g/mol. The third-order valence-corrected chi connectivity index (χ3v) is 2.14. The number of amides is 2. The first-order valence-corrected chi connectivity index (χ1v) is 5.18. The van der Waals surface area contributed by atoms with Crippen LogP contribution in [0.1, 0.15) is 5.56 Å². The summed E-state index contributed by atoms with van der Waals surface area (Å²) in [6.45, 7) is 0.472. The Kier molecular flexibility index (Phi) is 3.64. The van der Waals surface area contributed by atoms with Crippen LogP contribution in [0, 0.1) is 0 Å². The number of nitrogens with zero attached hydrogens (tertiary/aromatic N) is 2. The van der Waals surface area contributed by atoms with E-state index in [-0.39, 0.29) is 6.03 Å². The summed E-state index contributed by atoms with van der Waals surface area (Å²) in [5.41, 5.74) is 1.72. The molecule has 2 N–H and O–H groups in total. The maximum Gasteiger partial charge on any atom is 0.319 e. The van der Waals surface area contributed by atoms with Crippen molar-refractivity contribution < 1.29 is 4.79 Å². The first-order valence-electron chi connectivity index (χ1n) is 5.18. The minimum atomic E-state index is -0.243. The Morgan fingerprint density at radius 1 is 1.00 bits per heavy atom. The highest BCUT2D eigenvalue weighted by Gasteiger charge is 2.00. The molecule has 0 spiro atoms. The number of pyridine rings is 2. The average molecular weight is 228 g/mol. The normalized spacial score (nSPS) is 9.65. The lowest BCUT2D eigenvalue weighted by molar-refractivity contribution is 0.251. The van der Waals surface area contributed by atoms with Gasteiger partial charge in [-0.05, 0) is 29.8 Å². The number of nitrogens with one attached hydrogen (secondary N) is 2. The lowest BCUT2D eigenvalue weighted by atomic mass is 10.3. The average Bonchev–Trinajstić information content (AvgIpc) is 2.39. The van der Waals surface area contributed by atoms with Gasteiger partial charge in [0.25, 0.3) is 0 Å². The van der Waals surface area contributed by atoms with E-state index in [0.29, 0.717) is 12.2 Å². The van der Waals surface area contributed by atoms with E-state index < -0.39 is 0 Å². The molecule has 0 aliphatic carbocycles. The Labute approximate surface area is 98.9 Å². The number of hydrogen-bond donors (Lipinski definition) is 2. The smallest absolute Gasteiger partial charge is 0.319 e. The molecule has 5 heteroatoms. The molecule has 0 bridgehead atoms. The van der Waals surface area contributed by atoms with Gasteiger partial charge in [-0.15, -0.1) is 0 Å². The van der Waals surface area contributed by atoms with Crippen LogP contribution >= 0.6 is 0 Å². The Bertz CT molecular complexity index is 472. The highest BCUT2D eigenvalue weighted by atomic mass is 16.2. The van der Waals surface area contributed by atoms with E-state index in [4.69, 9.17) is 0 Å².